The summed E-state index contributed by atoms with van der Waals surface area (Å²) in [6.45, 7) is 2.23. The summed E-state index contributed by atoms with van der Waals surface area (Å²) in [6, 6.07) is 21.7. The zero-order chi connectivity index (χ0) is 18.6. The van der Waals surface area contributed by atoms with Crippen molar-refractivity contribution < 1.29 is 4.79 Å². The summed E-state index contributed by atoms with van der Waals surface area (Å²) in [5, 5.41) is 8.10. The molecule has 4 nitrogen and oxygen atoms in total. The van der Waals surface area contributed by atoms with Gasteiger partial charge in [-0.25, -0.2) is 0 Å². The van der Waals surface area contributed by atoms with Gasteiger partial charge in [0.05, 0.1) is 0 Å². The fraction of sp³-hybridized carbons (Fsp3) is 0.182. The highest BCUT2D eigenvalue weighted by Gasteiger charge is 2.13. The number of thiocarbonyl (C=S) groups is 1. The van der Waals surface area contributed by atoms with Gasteiger partial charge in [-0.1, -0.05) is 36.4 Å². The summed E-state index contributed by atoms with van der Waals surface area (Å²) < 4.78 is 0. The van der Waals surface area contributed by atoms with Crippen LogP contribution in [0.4, 0.5) is 11.4 Å². The molecule has 27 heavy (non-hydrogen) atoms. The Morgan fingerprint density at radius 3 is 2.37 bits per heavy atom. The predicted molar refractivity (Wildman–Crippen MR) is 116 cm³/mol. The van der Waals surface area contributed by atoms with E-state index in [4.69, 9.17) is 12.2 Å². The monoisotopic (exact) mass is 375 g/mol. The number of amides is 1. The third-order valence-electron chi connectivity index (χ3n) is 4.86. The molecule has 0 radical (unpaired) electrons. The minimum absolute atomic E-state index is 0.210. The lowest BCUT2D eigenvalue weighted by molar-refractivity contribution is 0.0979. The molecule has 1 aliphatic heterocycles. The van der Waals surface area contributed by atoms with E-state index in [0.717, 1.165) is 29.5 Å². The number of hydrogen-bond donors (Lipinski definition) is 2. The molecule has 1 amide bonds. The molecule has 0 bridgehead atoms. The molecule has 0 atom stereocenters. The Hall–Kier alpha value is -2.92. The molecule has 0 unspecified atom stereocenters. The lowest BCUT2D eigenvalue weighted by atomic mass is 10.0. The van der Waals surface area contributed by atoms with Crippen LogP contribution in [0.2, 0.25) is 0 Å². The van der Waals surface area contributed by atoms with E-state index in [1.807, 2.05) is 54.6 Å². The van der Waals surface area contributed by atoms with Gasteiger partial charge in [0.1, 0.15) is 0 Å². The maximum Gasteiger partial charge on any atom is 0.258 e. The highest BCUT2D eigenvalue weighted by molar-refractivity contribution is 7.80. The van der Waals surface area contributed by atoms with E-state index in [0.29, 0.717) is 10.7 Å². The molecule has 3 aromatic carbocycles. The number of hydrogen-bond acceptors (Lipinski definition) is 3. The summed E-state index contributed by atoms with van der Waals surface area (Å²) in [6.07, 6.45) is 2.51. The van der Waals surface area contributed by atoms with Crippen molar-refractivity contribution in [3.05, 3.63) is 72.3 Å². The molecule has 1 heterocycles. The zero-order valence-corrected chi connectivity index (χ0v) is 15.8. The average molecular weight is 375 g/mol. The zero-order valence-electron chi connectivity index (χ0n) is 14.9. The van der Waals surface area contributed by atoms with Crippen LogP contribution in [0.25, 0.3) is 10.8 Å². The maximum atomic E-state index is 12.6. The van der Waals surface area contributed by atoms with Gasteiger partial charge in [0.2, 0.25) is 0 Å². The molecule has 4 rings (SSSR count). The molecule has 0 saturated carbocycles. The van der Waals surface area contributed by atoms with Crippen molar-refractivity contribution in [3.8, 4) is 0 Å². The Balaban J connectivity index is 1.42. The number of nitrogens with one attached hydrogen (secondary N) is 2. The Morgan fingerprint density at radius 1 is 0.889 bits per heavy atom. The van der Waals surface area contributed by atoms with Crippen molar-refractivity contribution >= 4 is 45.4 Å². The Labute approximate surface area is 164 Å². The van der Waals surface area contributed by atoms with Gasteiger partial charge >= 0.3 is 0 Å². The van der Waals surface area contributed by atoms with Crippen molar-refractivity contribution in [3.63, 3.8) is 0 Å². The topological polar surface area (TPSA) is 44.4 Å². The first-order valence-electron chi connectivity index (χ1n) is 9.16. The smallest absolute Gasteiger partial charge is 0.258 e. The lowest BCUT2D eigenvalue weighted by Crippen LogP contribution is -2.34. The van der Waals surface area contributed by atoms with Crippen LogP contribution < -0.4 is 15.5 Å². The first-order chi connectivity index (χ1) is 13.2. The van der Waals surface area contributed by atoms with Gasteiger partial charge in [-0.3, -0.25) is 10.1 Å². The van der Waals surface area contributed by atoms with Crippen molar-refractivity contribution in [1.29, 1.82) is 0 Å². The van der Waals surface area contributed by atoms with Crippen molar-refractivity contribution in [2.75, 3.05) is 23.3 Å². The van der Waals surface area contributed by atoms with Gasteiger partial charge in [-0.2, -0.15) is 0 Å². The van der Waals surface area contributed by atoms with Gasteiger partial charge in [0.15, 0.2) is 5.11 Å². The van der Waals surface area contributed by atoms with Crippen molar-refractivity contribution in [2.24, 2.45) is 0 Å². The van der Waals surface area contributed by atoms with Crippen LogP contribution in [0.15, 0.2) is 66.7 Å². The Bertz CT molecular complexity index is 973. The number of rotatable bonds is 3. The van der Waals surface area contributed by atoms with Crippen LogP contribution >= 0.6 is 12.2 Å². The second-order valence-electron chi connectivity index (χ2n) is 6.68. The SMILES string of the molecule is O=C(NC(=S)Nc1ccc(N2CCCC2)cc1)c1cccc2ccccc12. The van der Waals surface area contributed by atoms with Crippen molar-refractivity contribution in [2.45, 2.75) is 12.8 Å². The van der Waals surface area contributed by atoms with E-state index in [9.17, 15) is 4.79 Å². The minimum atomic E-state index is -0.210. The van der Waals surface area contributed by atoms with E-state index in [-0.39, 0.29) is 5.91 Å². The standard InChI is InChI=1S/C22H21N3OS/c26-21(20-9-5-7-16-6-1-2-8-19(16)20)24-22(27)23-17-10-12-18(13-11-17)25-14-3-4-15-25/h1-2,5-13H,3-4,14-15H2,(H2,23,24,26,27). The molecular weight excluding hydrogens is 354 g/mol. The molecule has 1 fully saturated rings. The van der Waals surface area contributed by atoms with E-state index >= 15 is 0 Å². The lowest BCUT2D eigenvalue weighted by Gasteiger charge is -2.18. The molecule has 0 aliphatic carbocycles. The normalized spacial score (nSPS) is 13.6. The minimum Gasteiger partial charge on any atom is -0.372 e. The second kappa shape index (κ2) is 7.76. The highest BCUT2D eigenvalue weighted by Crippen LogP contribution is 2.22. The third-order valence-corrected chi connectivity index (χ3v) is 5.06. The summed E-state index contributed by atoms with van der Waals surface area (Å²) in [7, 11) is 0. The molecule has 1 saturated heterocycles. The van der Waals surface area contributed by atoms with Gasteiger partial charge in [-0.15, -0.1) is 0 Å². The van der Waals surface area contributed by atoms with Gasteiger partial charge < -0.3 is 10.2 Å². The number of anilines is 2. The van der Waals surface area contributed by atoms with Gasteiger partial charge in [0.25, 0.3) is 5.91 Å². The van der Waals surface area contributed by atoms with Crippen LogP contribution in [-0.4, -0.2) is 24.1 Å². The fourth-order valence-electron chi connectivity index (χ4n) is 3.49. The van der Waals surface area contributed by atoms with Crippen LogP contribution in [0.5, 0.6) is 0 Å². The summed E-state index contributed by atoms with van der Waals surface area (Å²) >= 11 is 5.32. The Kier molecular flexibility index (Phi) is 5.03. The Morgan fingerprint density at radius 2 is 1.59 bits per heavy atom. The van der Waals surface area contributed by atoms with E-state index < -0.39 is 0 Å². The van der Waals surface area contributed by atoms with E-state index in [2.05, 4.69) is 27.7 Å². The molecule has 5 heteroatoms. The number of carbonyl (C=O) groups is 1. The molecule has 3 aromatic rings. The highest BCUT2D eigenvalue weighted by atomic mass is 32.1. The first-order valence-corrected chi connectivity index (χ1v) is 9.57. The van der Waals surface area contributed by atoms with Crippen LogP contribution in [0.3, 0.4) is 0 Å². The number of nitrogens with zero attached hydrogens (tertiary/aromatic N) is 1. The average Bonchev–Trinajstić information content (AvgIpc) is 3.23. The van der Waals surface area contributed by atoms with Gasteiger partial charge in [0, 0.05) is 30.0 Å². The van der Waals surface area contributed by atoms with E-state index in [1.165, 1.54) is 18.5 Å². The van der Waals surface area contributed by atoms with Crippen LogP contribution in [0, 0.1) is 0 Å². The largest absolute Gasteiger partial charge is 0.372 e. The van der Waals surface area contributed by atoms with Crippen LogP contribution in [-0.2, 0) is 0 Å². The second-order valence-corrected chi connectivity index (χ2v) is 7.08. The molecule has 2 N–H and O–H groups in total. The number of fused-ring (bicyclic) bond motifs is 1. The van der Waals surface area contributed by atoms with Crippen molar-refractivity contribution in [1.82, 2.24) is 5.32 Å². The third kappa shape index (κ3) is 3.93. The summed E-state index contributed by atoms with van der Waals surface area (Å²) in [5.41, 5.74) is 2.70. The summed E-state index contributed by atoms with van der Waals surface area (Å²) in [4.78, 5) is 15.0. The van der Waals surface area contributed by atoms with E-state index in [1.54, 1.807) is 0 Å². The molecule has 1 aliphatic rings. The molecule has 136 valence electrons. The number of benzene rings is 3. The van der Waals surface area contributed by atoms with Crippen LogP contribution in [0.1, 0.15) is 23.2 Å². The molecule has 0 aromatic heterocycles. The molecular formula is C22H21N3OS. The quantitative estimate of drug-likeness (QED) is 0.659. The fourth-order valence-corrected chi connectivity index (χ4v) is 3.70. The van der Waals surface area contributed by atoms with Gasteiger partial charge in [-0.05, 0) is 66.2 Å². The number of carbonyl (C=O) groups excluding carboxylic acids is 1. The molecule has 0 spiro atoms. The summed E-state index contributed by atoms with van der Waals surface area (Å²) in [5.74, 6) is -0.210. The predicted octanol–water partition coefficient (Wildman–Crippen LogP) is 4.57. The first kappa shape index (κ1) is 17.5. The maximum absolute atomic E-state index is 12.6.